The van der Waals surface area contributed by atoms with Gasteiger partial charge in [0.1, 0.15) is 11.5 Å². The Labute approximate surface area is 78.1 Å². The average molecular weight is 194 g/mol. The van der Waals surface area contributed by atoms with Crippen molar-refractivity contribution >= 4 is 5.97 Å². The molecule has 0 aliphatic rings. The molecule has 1 N–H and O–H groups in total. The molecule has 6 heteroatoms. The zero-order valence-corrected chi connectivity index (χ0v) is 7.22. The summed E-state index contributed by atoms with van der Waals surface area (Å²) in [5, 5.41) is 15.7. The third-order valence-electron chi connectivity index (χ3n) is 1.75. The molecule has 0 aliphatic carbocycles. The van der Waals surface area contributed by atoms with E-state index in [1.807, 2.05) is 0 Å². The zero-order valence-electron chi connectivity index (χ0n) is 7.22. The van der Waals surface area contributed by atoms with Crippen molar-refractivity contribution in [1.29, 1.82) is 0 Å². The third kappa shape index (κ3) is 1.26. The predicted molar refractivity (Wildman–Crippen MR) is 43.7 cm³/mol. The Morgan fingerprint density at radius 1 is 1.50 bits per heavy atom. The van der Waals surface area contributed by atoms with Gasteiger partial charge in [-0.15, -0.1) is 0 Å². The van der Waals surface area contributed by atoms with E-state index in [1.165, 1.54) is 12.3 Å². The van der Waals surface area contributed by atoms with Crippen LogP contribution in [-0.4, -0.2) is 21.4 Å². The predicted octanol–water partition coefficient (Wildman–Crippen LogP) is 1.34. The molecule has 0 saturated carbocycles. The lowest BCUT2D eigenvalue weighted by Crippen LogP contribution is -1.91. The molecule has 0 atom stereocenters. The van der Waals surface area contributed by atoms with Crippen LogP contribution in [0.1, 0.15) is 16.3 Å². The summed E-state index contributed by atoms with van der Waals surface area (Å²) in [6.07, 6.45) is 1.46. The van der Waals surface area contributed by atoms with E-state index in [0.29, 0.717) is 17.0 Å². The van der Waals surface area contributed by atoms with Gasteiger partial charge in [-0.3, -0.25) is 0 Å². The molecular formula is C8H6N2O4. The average Bonchev–Trinajstić information content (AvgIpc) is 2.71. The van der Waals surface area contributed by atoms with Gasteiger partial charge in [0.25, 0.3) is 0 Å². The maximum absolute atomic E-state index is 10.5. The van der Waals surface area contributed by atoms with E-state index in [0.717, 1.165) is 0 Å². The number of nitrogens with zero attached hydrogens (tertiary/aromatic N) is 2. The van der Waals surface area contributed by atoms with Gasteiger partial charge in [0, 0.05) is 6.07 Å². The van der Waals surface area contributed by atoms with Crippen LogP contribution in [0.25, 0.3) is 11.3 Å². The van der Waals surface area contributed by atoms with Crippen molar-refractivity contribution in [2.45, 2.75) is 6.92 Å². The van der Waals surface area contributed by atoms with Crippen molar-refractivity contribution in [1.82, 2.24) is 10.3 Å². The van der Waals surface area contributed by atoms with Gasteiger partial charge in [0.15, 0.2) is 0 Å². The lowest BCUT2D eigenvalue weighted by Gasteiger charge is -1.85. The summed E-state index contributed by atoms with van der Waals surface area (Å²) in [6, 6.07) is 1.32. The van der Waals surface area contributed by atoms with E-state index in [-0.39, 0.29) is 5.76 Å². The summed E-state index contributed by atoms with van der Waals surface area (Å²) in [4.78, 5) is 10.5. The van der Waals surface area contributed by atoms with Crippen LogP contribution < -0.4 is 0 Å². The molecule has 0 spiro atoms. The Morgan fingerprint density at radius 3 is 2.79 bits per heavy atom. The minimum atomic E-state index is -1.15. The van der Waals surface area contributed by atoms with Gasteiger partial charge in [0.05, 0.1) is 11.8 Å². The van der Waals surface area contributed by atoms with Gasteiger partial charge in [-0.1, -0.05) is 10.3 Å². The van der Waals surface area contributed by atoms with E-state index < -0.39 is 5.97 Å². The lowest BCUT2D eigenvalue weighted by atomic mass is 10.2. The van der Waals surface area contributed by atoms with Crippen LogP contribution >= 0.6 is 0 Å². The second-order valence-corrected chi connectivity index (χ2v) is 2.68. The quantitative estimate of drug-likeness (QED) is 0.775. The third-order valence-corrected chi connectivity index (χ3v) is 1.75. The fourth-order valence-corrected chi connectivity index (χ4v) is 1.05. The maximum atomic E-state index is 10.5. The zero-order chi connectivity index (χ0) is 10.1. The highest BCUT2D eigenvalue weighted by Gasteiger charge is 2.15. The van der Waals surface area contributed by atoms with Crippen molar-refractivity contribution in [3.8, 4) is 11.3 Å². The highest BCUT2D eigenvalue weighted by Crippen LogP contribution is 2.22. The fraction of sp³-hybridized carbons (Fsp3) is 0.125. The lowest BCUT2D eigenvalue weighted by molar-refractivity contribution is 0.0652. The summed E-state index contributed by atoms with van der Waals surface area (Å²) in [7, 11) is 0. The normalized spacial score (nSPS) is 10.4. The summed E-state index contributed by atoms with van der Waals surface area (Å²) in [6.45, 7) is 1.71. The maximum Gasteiger partial charge on any atom is 0.374 e. The standard InChI is InChI=1S/C8H6N2O4/c1-4-5(3-9-13-4)6-2-7(8(11)12)14-10-6/h2-3H,1H3,(H,11,12). The van der Waals surface area contributed by atoms with E-state index in [1.54, 1.807) is 6.92 Å². The first kappa shape index (κ1) is 8.49. The molecule has 6 nitrogen and oxygen atoms in total. The van der Waals surface area contributed by atoms with Crippen LogP contribution in [0.3, 0.4) is 0 Å². The molecular weight excluding hydrogens is 188 g/mol. The van der Waals surface area contributed by atoms with Gasteiger partial charge >= 0.3 is 5.97 Å². The largest absolute Gasteiger partial charge is 0.475 e. The molecule has 0 radical (unpaired) electrons. The smallest absolute Gasteiger partial charge is 0.374 e. The Balaban J connectivity index is 2.43. The molecule has 0 aliphatic heterocycles. The Morgan fingerprint density at radius 2 is 2.29 bits per heavy atom. The fourth-order valence-electron chi connectivity index (χ4n) is 1.05. The highest BCUT2D eigenvalue weighted by atomic mass is 16.5. The summed E-state index contributed by atoms with van der Waals surface area (Å²) < 4.78 is 9.40. The number of hydrogen-bond donors (Lipinski definition) is 1. The monoisotopic (exact) mass is 194 g/mol. The highest BCUT2D eigenvalue weighted by molar-refractivity contribution is 5.85. The van der Waals surface area contributed by atoms with E-state index in [2.05, 4.69) is 14.8 Å². The van der Waals surface area contributed by atoms with Gasteiger partial charge in [-0.05, 0) is 6.92 Å². The van der Waals surface area contributed by atoms with Crippen LogP contribution in [0.5, 0.6) is 0 Å². The summed E-state index contributed by atoms with van der Waals surface area (Å²) in [5.41, 5.74) is 1.03. The molecule has 0 saturated heterocycles. The first-order chi connectivity index (χ1) is 6.68. The van der Waals surface area contributed by atoms with Gasteiger partial charge in [-0.2, -0.15) is 0 Å². The minimum absolute atomic E-state index is 0.208. The number of rotatable bonds is 2. The number of aromatic carboxylic acids is 1. The Hall–Kier alpha value is -2.11. The number of carboxylic acid groups (broad SMARTS) is 1. The van der Waals surface area contributed by atoms with Gasteiger partial charge in [-0.25, -0.2) is 4.79 Å². The number of aromatic nitrogens is 2. The summed E-state index contributed by atoms with van der Waals surface area (Å²) >= 11 is 0. The second kappa shape index (κ2) is 2.99. The molecule has 0 unspecified atom stereocenters. The first-order valence-corrected chi connectivity index (χ1v) is 3.80. The van der Waals surface area contributed by atoms with Crippen molar-refractivity contribution in [3.63, 3.8) is 0 Å². The molecule has 72 valence electrons. The Kier molecular flexibility index (Phi) is 1.81. The van der Waals surface area contributed by atoms with Gasteiger partial charge < -0.3 is 14.2 Å². The van der Waals surface area contributed by atoms with E-state index in [4.69, 9.17) is 9.63 Å². The second-order valence-electron chi connectivity index (χ2n) is 2.68. The Bertz CT molecular complexity index is 471. The minimum Gasteiger partial charge on any atom is -0.475 e. The van der Waals surface area contributed by atoms with Crippen LogP contribution in [0.2, 0.25) is 0 Å². The number of aryl methyl sites for hydroxylation is 1. The van der Waals surface area contributed by atoms with Crippen molar-refractivity contribution in [3.05, 3.63) is 23.8 Å². The van der Waals surface area contributed by atoms with Crippen LogP contribution in [0.15, 0.2) is 21.3 Å². The molecule has 0 amide bonds. The number of hydrogen-bond acceptors (Lipinski definition) is 5. The van der Waals surface area contributed by atoms with Crippen molar-refractivity contribution in [2.75, 3.05) is 0 Å². The molecule has 2 aromatic rings. The van der Waals surface area contributed by atoms with Crippen LogP contribution in [0, 0.1) is 6.92 Å². The van der Waals surface area contributed by atoms with Crippen molar-refractivity contribution in [2.24, 2.45) is 0 Å². The molecule has 0 bridgehead atoms. The molecule has 2 aromatic heterocycles. The van der Waals surface area contributed by atoms with Crippen LogP contribution in [-0.2, 0) is 0 Å². The number of carbonyl (C=O) groups is 1. The summed E-state index contributed by atoms with van der Waals surface area (Å²) in [5.74, 6) is -0.798. The molecule has 0 fully saturated rings. The molecule has 2 rings (SSSR count). The molecule has 2 heterocycles. The van der Waals surface area contributed by atoms with E-state index in [9.17, 15) is 4.79 Å². The SMILES string of the molecule is Cc1oncc1-c1cc(C(=O)O)on1. The van der Waals surface area contributed by atoms with Gasteiger partial charge in [0.2, 0.25) is 5.76 Å². The number of carboxylic acids is 1. The first-order valence-electron chi connectivity index (χ1n) is 3.80. The van der Waals surface area contributed by atoms with Crippen molar-refractivity contribution < 1.29 is 18.9 Å². The molecule has 0 aromatic carbocycles. The van der Waals surface area contributed by atoms with E-state index >= 15 is 0 Å². The molecule has 14 heavy (non-hydrogen) atoms. The van der Waals surface area contributed by atoms with Crippen LogP contribution in [0.4, 0.5) is 0 Å². The topological polar surface area (TPSA) is 89.4 Å².